The molecule has 6 nitrogen and oxygen atoms in total. The number of benzene rings is 2. The molecule has 0 aromatic heterocycles. The molecule has 3 rings (SSSR count). The molecular formula is C19H14ClNO5S. The normalized spacial score (nSPS) is 17.0. The number of nitrogens with zero attached hydrogens (tertiary/aromatic N) is 1. The monoisotopic (exact) mass is 403 g/mol. The largest absolute Gasteiger partial charge is 0.506 e. The number of phenolic OH excluding ortho intramolecular Hbond substituents is 2. The first-order chi connectivity index (χ1) is 12.9. The van der Waals surface area contributed by atoms with Gasteiger partial charge in [0.05, 0.1) is 17.7 Å². The van der Waals surface area contributed by atoms with Crippen LogP contribution in [0.1, 0.15) is 5.56 Å². The van der Waals surface area contributed by atoms with E-state index in [0.717, 1.165) is 11.8 Å². The third-order valence-corrected chi connectivity index (χ3v) is 4.94. The number of aliphatic imine (C=N–C) groups is 1. The van der Waals surface area contributed by atoms with Crippen LogP contribution in [0.3, 0.4) is 0 Å². The number of aromatic hydroxyl groups is 2. The minimum absolute atomic E-state index is 0.0802. The highest BCUT2D eigenvalue weighted by Gasteiger charge is 2.33. The van der Waals surface area contributed by atoms with Crippen LogP contribution in [0.25, 0.3) is 6.08 Å². The fraction of sp³-hybridized carbons (Fsp3) is 0.0526. The Kier molecular flexibility index (Phi) is 5.43. The molecule has 1 aliphatic heterocycles. The van der Waals surface area contributed by atoms with E-state index in [1.165, 1.54) is 19.3 Å². The average Bonchev–Trinajstić information content (AvgIpc) is 2.95. The van der Waals surface area contributed by atoms with Gasteiger partial charge in [-0.3, -0.25) is 0 Å². The Labute approximate surface area is 164 Å². The minimum atomic E-state index is -0.740. The number of rotatable bonds is 3. The number of thioether (sulfide) groups is 1. The van der Waals surface area contributed by atoms with Gasteiger partial charge in [-0.05, 0) is 36.4 Å². The predicted molar refractivity (Wildman–Crippen MR) is 106 cm³/mol. The van der Waals surface area contributed by atoms with Crippen LogP contribution in [0.4, 0.5) is 5.69 Å². The number of ether oxygens (including phenoxy) is 1. The molecule has 138 valence electrons. The molecule has 0 radical (unpaired) electrons. The number of methoxy groups -OCH3 is 1. The molecule has 0 bridgehead atoms. The van der Waals surface area contributed by atoms with Gasteiger partial charge < -0.3 is 20.1 Å². The first kappa shape index (κ1) is 18.9. The van der Waals surface area contributed by atoms with E-state index in [-0.39, 0.29) is 38.3 Å². The molecule has 27 heavy (non-hydrogen) atoms. The van der Waals surface area contributed by atoms with Crippen molar-refractivity contribution in [2.75, 3.05) is 7.11 Å². The number of carbonyl (C=O) groups is 1. The van der Waals surface area contributed by atoms with Gasteiger partial charge in [-0.1, -0.05) is 35.5 Å². The third-order valence-electron chi connectivity index (χ3n) is 3.67. The van der Waals surface area contributed by atoms with Crippen LogP contribution in [0.15, 0.2) is 63.7 Å². The van der Waals surface area contributed by atoms with Gasteiger partial charge in [0, 0.05) is 10.6 Å². The molecule has 8 heteroatoms. The number of aliphatic hydroxyl groups excluding tert-OH is 1. The molecule has 2 aromatic carbocycles. The number of hydrogen-bond acceptors (Lipinski definition) is 7. The second-order valence-corrected chi connectivity index (χ2v) is 6.90. The summed E-state index contributed by atoms with van der Waals surface area (Å²) in [6.07, 6.45) is 1.45. The number of halogens is 1. The summed E-state index contributed by atoms with van der Waals surface area (Å²) in [7, 11) is 1.20. The molecule has 0 atom stereocenters. The maximum Gasteiger partial charge on any atom is 0.344 e. The van der Waals surface area contributed by atoms with Crippen LogP contribution >= 0.6 is 23.4 Å². The van der Waals surface area contributed by atoms with E-state index >= 15 is 0 Å². The molecule has 2 aromatic rings. The number of phenols is 2. The van der Waals surface area contributed by atoms with Gasteiger partial charge >= 0.3 is 5.97 Å². The second kappa shape index (κ2) is 7.77. The Balaban J connectivity index is 2.07. The lowest BCUT2D eigenvalue weighted by molar-refractivity contribution is -0.135. The quantitative estimate of drug-likeness (QED) is 0.513. The van der Waals surface area contributed by atoms with Crippen molar-refractivity contribution in [1.82, 2.24) is 0 Å². The zero-order valence-electron chi connectivity index (χ0n) is 14.0. The fourth-order valence-corrected chi connectivity index (χ4v) is 3.48. The lowest BCUT2D eigenvalue weighted by Crippen LogP contribution is -2.10. The van der Waals surface area contributed by atoms with Gasteiger partial charge in [-0.25, -0.2) is 9.79 Å². The van der Waals surface area contributed by atoms with E-state index in [1.807, 2.05) is 0 Å². The summed E-state index contributed by atoms with van der Waals surface area (Å²) in [5.74, 6) is -1.68. The molecule has 0 amide bonds. The maximum atomic E-state index is 12.1. The average molecular weight is 404 g/mol. The van der Waals surface area contributed by atoms with Gasteiger partial charge in [0.15, 0.2) is 11.5 Å². The summed E-state index contributed by atoms with van der Waals surface area (Å²) in [5, 5.41) is 30.9. The summed E-state index contributed by atoms with van der Waals surface area (Å²) in [6.45, 7) is 0. The maximum absolute atomic E-state index is 12.1. The number of para-hydroxylation sites is 1. The zero-order chi connectivity index (χ0) is 19.6. The number of esters is 1. The standard InChI is InChI=1S/C19H14ClNO5S/c1-26-19(25)15-17(24)14(9-10-3-2-4-13(22)16(10)23)27-18(15)21-12-7-5-11(20)6-8-12/h2-9,22-24H,1H3/b14-9+,21-18?. The molecule has 1 heterocycles. The zero-order valence-corrected chi connectivity index (χ0v) is 15.6. The van der Waals surface area contributed by atoms with Crippen molar-refractivity contribution in [2.24, 2.45) is 4.99 Å². The molecule has 0 unspecified atom stereocenters. The highest BCUT2D eigenvalue weighted by atomic mass is 35.5. The topological polar surface area (TPSA) is 99.4 Å². The van der Waals surface area contributed by atoms with Gasteiger partial charge in [0.2, 0.25) is 0 Å². The Morgan fingerprint density at radius 3 is 2.52 bits per heavy atom. The summed E-state index contributed by atoms with van der Waals surface area (Å²) >= 11 is 6.90. The molecule has 1 aliphatic rings. The van der Waals surface area contributed by atoms with Gasteiger partial charge in [-0.15, -0.1) is 0 Å². The summed E-state index contributed by atoms with van der Waals surface area (Å²) in [6, 6.07) is 11.1. The molecule has 0 fully saturated rings. The van der Waals surface area contributed by atoms with Crippen molar-refractivity contribution < 1.29 is 24.9 Å². The summed E-state index contributed by atoms with van der Waals surface area (Å²) < 4.78 is 4.74. The molecular weight excluding hydrogens is 390 g/mol. The van der Waals surface area contributed by atoms with E-state index in [1.54, 1.807) is 36.4 Å². The number of hydrogen-bond donors (Lipinski definition) is 3. The third kappa shape index (κ3) is 3.94. The van der Waals surface area contributed by atoms with E-state index in [9.17, 15) is 20.1 Å². The Hall–Kier alpha value is -2.90. The lowest BCUT2D eigenvalue weighted by Gasteiger charge is -2.03. The Morgan fingerprint density at radius 2 is 1.85 bits per heavy atom. The van der Waals surface area contributed by atoms with Crippen molar-refractivity contribution in [3.63, 3.8) is 0 Å². The summed E-state index contributed by atoms with van der Waals surface area (Å²) in [5.41, 5.74) is 0.738. The molecule has 0 saturated heterocycles. The van der Waals surface area contributed by atoms with Crippen molar-refractivity contribution in [2.45, 2.75) is 0 Å². The Bertz CT molecular complexity index is 996. The van der Waals surface area contributed by atoms with Crippen LogP contribution in [0.2, 0.25) is 5.02 Å². The highest BCUT2D eigenvalue weighted by Crippen LogP contribution is 2.41. The minimum Gasteiger partial charge on any atom is -0.506 e. The van der Waals surface area contributed by atoms with Gasteiger partial charge in [0.25, 0.3) is 0 Å². The molecule has 0 spiro atoms. The smallest absolute Gasteiger partial charge is 0.344 e. The van der Waals surface area contributed by atoms with Gasteiger partial charge in [-0.2, -0.15) is 0 Å². The van der Waals surface area contributed by atoms with Crippen LogP contribution in [0.5, 0.6) is 11.5 Å². The predicted octanol–water partition coefficient (Wildman–Crippen LogP) is 4.55. The number of aliphatic hydroxyl groups is 1. The van der Waals surface area contributed by atoms with Crippen molar-refractivity contribution in [3.8, 4) is 11.5 Å². The van der Waals surface area contributed by atoms with Gasteiger partial charge in [0.1, 0.15) is 16.4 Å². The van der Waals surface area contributed by atoms with E-state index in [4.69, 9.17) is 16.3 Å². The fourth-order valence-electron chi connectivity index (χ4n) is 2.33. The van der Waals surface area contributed by atoms with Crippen LogP contribution in [-0.2, 0) is 9.53 Å². The van der Waals surface area contributed by atoms with Crippen LogP contribution in [0, 0.1) is 0 Å². The van der Waals surface area contributed by atoms with Crippen molar-refractivity contribution in [3.05, 3.63) is 69.3 Å². The second-order valence-electron chi connectivity index (χ2n) is 5.43. The van der Waals surface area contributed by atoms with Crippen molar-refractivity contribution >= 4 is 46.1 Å². The van der Waals surface area contributed by atoms with Crippen LogP contribution < -0.4 is 0 Å². The molecule has 0 saturated carbocycles. The highest BCUT2D eigenvalue weighted by molar-refractivity contribution is 8.18. The van der Waals surface area contributed by atoms with Crippen molar-refractivity contribution in [1.29, 1.82) is 0 Å². The summed E-state index contributed by atoms with van der Waals surface area (Å²) in [4.78, 5) is 16.8. The molecule has 0 aliphatic carbocycles. The first-order valence-electron chi connectivity index (χ1n) is 7.67. The van der Waals surface area contributed by atoms with E-state index < -0.39 is 5.97 Å². The van der Waals surface area contributed by atoms with E-state index in [2.05, 4.69) is 4.99 Å². The Morgan fingerprint density at radius 1 is 1.15 bits per heavy atom. The molecule has 3 N–H and O–H groups in total. The van der Waals surface area contributed by atoms with Crippen LogP contribution in [-0.4, -0.2) is 33.4 Å². The number of carbonyl (C=O) groups excluding carboxylic acids is 1. The van der Waals surface area contributed by atoms with E-state index in [0.29, 0.717) is 10.7 Å². The first-order valence-corrected chi connectivity index (χ1v) is 8.87. The SMILES string of the molecule is COC(=O)C1=C(O)/C(=C\c2cccc(O)c2O)SC1=Nc1ccc(Cl)cc1. The lowest BCUT2D eigenvalue weighted by atomic mass is 10.1.